The number of nitrogens with zero attached hydrogens (tertiary/aromatic N) is 3. The number of aryl methyl sites for hydroxylation is 1. The van der Waals surface area contributed by atoms with E-state index in [9.17, 15) is 0 Å². The number of rotatable bonds is 9. The van der Waals surface area contributed by atoms with Gasteiger partial charge < -0.3 is 19.9 Å². The molecule has 4 rings (SSSR count). The summed E-state index contributed by atoms with van der Waals surface area (Å²) in [6, 6.07) is 15.0. The summed E-state index contributed by atoms with van der Waals surface area (Å²) in [6.45, 7) is 5.13. The number of benzene rings is 2. The van der Waals surface area contributed by atoms with Crippen LogP contribution in [0.2, 0.25) is 0 Å². The standard InChI is InChI=1S/C25H31N5O.HI/c1-19-3-10-23(24(13-19)31-17-22-8-9-22)15-29-25(26-2)28-14-20-4-6-21(7-5-20)16-30-12-11-27-18-30;/h3-7,10-13,18,22H,8-9,14-17H2,1-2H3,(H2,26,28,29);1H. The molecule has 2 aromatic carbocycles. The third-order valence-electron chi connectivity index (χ3n) is 5.47. The van der Waals surface area contributed by atoms with Gasteiger partial charge in [0.15, 0.2) is 5.96 Å². The molecule has 3 aromatic rings. The maximum Gasteiger partial charge on any atom is 0.191 e. The zero-order valence-corrected chi connectivity index (χ0v) is 21.1. The van der Waals surface area contributed by atoms with Crippen LogP contribution in [0.3, 0.4) is 0 Å². The van der Waals surface area contributed by atoms with Gasteiger partial charge in [-0.2, -0.15) is 0 Å². The highest BCUT2D eigenvalue weighted by Crippen LogP contribution is 2.30. The van der Waals surface area contributed by atoms with Crippen molar-refractivity contribution in [3.05, 3.63) is 83.4 Å². The molecule has 2 N–H and O–H groups in total. The lowest BCUT2D eigenvalue weighted by Crippen LogP contribution is -2.36. The summed E-state index contributed by atoms with van der Waals surface area (Å²) < 4.78 is 8.14. The minimum Gasteiger partial charge on any atom is -0.493 e. The molecule has 0 spiro atoms. The second-order valence-electron chi connectivity index (χ2n) is 8.20. The summed E-state index contributed by atoms with van der Waals surface area (Å²) in [5, 5.41) is 6.80. The van der Waals surface area contributed by atoms with E-state index in [2.05, 4.69) is 74.6 Å². The number of halogens is 1. The Morgan fingerprint density at radius 3 is 2.53 bits per heavy atom. The quantitative estimate of drug-likeness (QED) is 0.236. The van der Waals surface area contributed by atoms with Gasteiger partial charge in [0.1, 0.15) is 5.75 Å². The van der Waals surface area contributed by atoms with Crippen molar-refractivity contribution in [2.75, 3.05) is 13.7 Å². The first-order chi connectivity index (χ1) is 15.2. The van der Waals surface area contributed by atoms with E-state index >= 15 is 0 Å². The van der Waals surface area contributed by atoms with Crippen LogP contribution in [0.1, 0.15) is 35.1 Å². The van der Waals surface area contributed by atoms with Gasteiger partial charge in [-0.3, -0.25) is 4.99 Å². The molecule has 32 heavy (non-hydrogen) atoms. The summed E-state index contributed by atoms with van der Waals surface area (Å²) in [4.78, 5) is 8.45. The van der Waals surface area contributed by atoms with Crippen LogP contribution in [0, 0.1) is 12.8 Å². The first-order valence-electron chi connectivity index (χ1n) is 10.9. The van der Waals surface area contributed by atoms with Crippen molar-refractivity contribution < 1.29 is 4.74 Å². The third kappa shape index (κ3) is 7.25. The van der Waals surface area contributed by atoms with Gasteiger partial charge in [0.05, 0.1) is 12.9 Å². The number of imidazole rings is 1. The molecule has 0 bridgehead atoms. The highest BCUT2D eigenvalue weighted by molar-refractivity contribution is 14.0. The van der Waals surface area contributed by atoms with Crippen molar-refractivity contribution >= 4 is 29.9 Å². The first kappa shape index (κ1) is 24.1. The summed E-state index contributed by atoms with van der Waals surface area (Å²) in [5.41, 5.74) is 4.83. The molecule has 6 nitrogen and oxygen atoms in total. The molecule has 0 atom stereocenters. The molecule has 0 saturated heterocycles. The maximum absolute atomic E-state index is 6.08. The zero-order chi connectivity index (χ0) is 21.5. The monoisotopic (exact) mass is 545 g/mol. The van der Waals surface area contributed by atoms with Gasteiger partial charge >= 0.3 is 0 Å². The van der Waals surface area contributed by atoms with Gasteiger partial charge in [0.2, 0.25) is 0 Å². The lowest BCUT2D eigenvalue weighted by atomic mass is 10.1. The van der Waals surface area contributed by atoms with E-state index in [-0.39, 0.29) is 24.0 Å². The molecular formula is C25H32IN5O. The number of aromatic nitrogens is 2. The predicted octanol–water partition coefficient (Wildman–Crippen LogP) is 4.51. The molecule has 0 radical (unpaired) electrons. The Balaban J connectivity index is 0.00000289. The lowest BCUT2D eigenvalue weighted by molar-refractivity contribution is 0.296. The summed E-state index contributed by atoms with van der Waals surface area (Å²) in [5.74, 6) is 2.49. The Hall–Kier alpha value is -2.55. The summed E-state index contributed by atoms with van der Waals surface area (Å²) in [6.07, 6.45) is 8.19. The highest BCUT2D eigenvalue weighted by Gasteiger charge is 2.22. The number of hydrogen-bond donors (Lipinski definition) is 2. The van der Waals surface area contributed by atoms with E-state index in [0.717, 1.165) is 36.3 Å². The van der Waals surface area contributed by atoms with Crippen molar-refractivity contribution in [3.8, 4) is 5.75 Å². The van der Waals surface area contributed by atoms with Crippen LogP contribution in [0.4, 0.5) is 0 Å². The van der Waals surface area contributed by atoms with Crippen molar-refractivity contribution in [1.29, 1.82) is 0 Å². The largest absolute Gasteiger partial charge is 0.493 e. The van der Waals surface area contributed by atoms with E-state index in [4.69, 9.17) is 4.74 Å². The van der Waals surface area contributed by atoms with E-state index in [1.54, 1.807) is 13.2 Å². The Morgan fingerprint density at radius 2 is 1.84 bits per heavy atom. The molecule has 1 heterocycles. The van der Waals surface area contributed by atoms with Gasteiger partial charge in [-0.05, 0) is 48.4 Å². The summed E-state index contributed by atoms with van der Waals surface area (Å²) >= 11 is 0. The highest BCUT2D eigenvalue weighted by atomic mass is 127. The van der Waals surface area contributed by atoms with Crippen LogP contribution < -0.4 is 15.4 Å². The first-order valence-corrected chi connectivity index (χ1v) is 10.9. The van der Waals surface area contributed by atoms with E-state index in [1.807, 2.05) is 12.5 Å². The molecule has 0 aliphatic heterocycles. The Labute approximate surface area is 207 Å². The Morgan fingerprint density at radius 1 is 1.09 bits per heavy atom. The number of nitrogens with one attached hydrogen (secondary N) is 2. The molecule has 0 amide bonds. The molecule has 1 aromatic heterocycles. The fourth-order valence-electron chi connectivity index (χ4n) is 3.37. The van der Waals surface area contributed by atoms with Crippen molar-refractivity contribution in [3.63, 3.8) is 0 Å². The van der Waals surface area contributed by atoms with Crippen LogP contribution in [0.15, 0.2) is 66.2 Å². The Kier molecular flexibility index (Phi) is 8.96. The average Bonchev–Trinajstić information content (AvgIpc) is 3.48. The van der Waals surface area contributed by atoms with Gasteiger partial charge in [-0.25, -0.2) is 4.98 Å². The van der Waals surface area contributed by atoms with E-state index in [0.29, 0.717) is 13.1 Å². The molecule has 1 aliphatic carbocycles. The van der Waals surface area contributed by atoms with Crippen LogP contribution in [0.5, 0.6) is 5.75 Å². The maximum atomic E-state index is 6.08. The number of ether oxygens (including phenoxy) is 1. The number of guanidine groups is 1. The number of aliphatic imine (C=N–C) groups is 1. The second kappa shape index (κ2) is 11.9. The molecule has 1 fully saturated rings. The van der Waals surface area contributed by atoms with Crippen LogP contribution in [0.25, 0.3) is 0 Å². The van der Waals surface area contributed by atoms with Crippen molar-refractivity contribution in [2.24, 2.45) is 10.9 Å². The van der Waals surface area contributed by atoms with Gasteiger partial charge in [0, 0.05) is 44.6 Å². The normalized spacial score (nSPS) is 13.4. The van der Waals surface area contributed by atoms with Crippen LogP contribution >= 0.6 is 24.0 Å². The Bertz CT molecular complexity index is 998. The van der Waals surface area contributed by atoms with Crippen molar-refractivity contribution in [1.82, 2.24) is 20.2 Å². The topological polar surface area (TPSA) is 63.5 Å². The van der Waals surface area contributed by atoms with E-state index in [1.165, 1.54) is 29.5 Å². The van der Waals surface area contributed by atoms with Gasteiger partial charge in [-0.15, -0.1) is 24.0 Å². The SMILES string of the molecule is CN=C(NCc1ccc(Cn2ccnc2)cc1)NCc1ccc(C)cc1OCC1CC1.I. The van der Waals surface area contributed by atoms with Gasteiger partial charge in [0.25, 0.3) is 0 Å². The second-order valence-corrected chi connectivity index (χ2v) is 8.20. The lowest BCUT2D eigenvalue weighted by Gasteiger charge is -2.15. The average molecular weight is 545 g/mol. The number of hydrogen-bond acceptors (Lipinski definition) is 3. The molecule has 0 unspecified atom stereocenters. The molecule has 7 heteroatoms. The molecule has 1 aliphatic rings. The minimum atomic E-state index is 0. The summed E-state index contributed by atoms with van der Waals surface area (Å²) in [7, 11) is 1.79. The van der Waals surface area contributed by atoms with Crippen molar-refractivity contribution in [2.45, 2.75) is 39.4 Å². The van der Waals surface area contributed by atoms with Crippen LogP contribution in [-0.2, 0) is 19.6 Å². The zero-order valence-electron chi connectivity index (χ0n) is 18.8. The molecular weight excluding hydrogens is 513 g/mol. The fourth-order valence-corrected chi connectivity index (χ4v) is 3.37. The van der Waals surface area contributed by atoms with Crippen LogP contribution in [-0.4, -0.2) is 29.2 Å². The fraction of sp³-hybridized carbons (Fsp3) is 0.360. The minimum absolute atomic E-state index is 0. The van der Waals surface area contributed by atoms with Gasteiger partial charge in [-0.1, -0.05) is 36.4 Å². The van der Waals surface area contributed by atoms with E-state index < -0.39 is 0 Å². The third-order valence-corrected chi connectivity index (χ3v) is 5.47. The molecule has 1 saturated carbocycles. The smallest absolute Gasteiger partial charge is 0.191 e. The predicted molar refractivity (Wildman–Crippen MR) is 140 cm³/mol. The molecule has 170 valence electrons.